The van der Waals surface area contributed by atoms with Crippen molar-refractivity contribution in [3.05, 3.63) is 86.7 Å². The minimum atomic E-state index is -3.56. The van der Waals surface area contributed by atoms with Gasteiger partial charge in [-0.05, 0) is 61.6 Å². The van der Waals surface area contributed by atoms with Gasteiger partial charge in [0, 0.05) is 38.7 Å². The molecule has 14 heteroatoms. The number of halogens is 3. The monoisotopic (exact) mass is 653 g/mol. The first kappa shape index (κ1) is 31.6. The second-order valence-corrected chi connectivity index (χ2v) is 16.5. The number of nitrogens with zero attached hydrogens (tertiary/aromatic N) is 1. The summed E-state index contributed by atoms with van der Waals surface area (Å²) in [6.45, 7) is 4.99. The fourth-order valence-corrected chi connectivity index (χ4v) is 6.92. The molecule has 0 fully saturated rings. The van der Waals surface area contributed by atoms with Crippen molar-refractivity contribution < 1.29 is 31.3 Å². The van der Waals surface area contributed by atoms with Crippen molar-refractivity contribution in [2.24, 2.45) is 0 Å². The number of nitrogens with one attached hydrogen (secondary N) is 2. The van der Waals surface area contributed by atoms with Gasteiger partial charge in [0.1, 0.15) is 36.8 Å². The molecule has 8 nitrogen and oxygen atoms in total. The van der Waals surface area contributed by atoms with Crippen LogP contribution in [-0.4, -0.2) is 38.4 Å². The highest BCUT2D eigenvalue weighted by molar-refractivity contribution is 7.92. The number of carbonyl (C=O) groups is 1. The van der Waals surface area contributed by atoms with E-state index in [1.54, 1.807) is 32.6 Å². The zero-order chi connectivity index (χ0) is 30.8. The lowest BCUT2D eigenvalue weighted by molar-refractivity contribution is 0.103. The Labute approximate surface area is 251 Å². The van der Waals surface area contributed by atoms with Crippen LogP contribution in [0.15, 0.2) is 54.7 Å². The summed E-state index contributed by atoms with van der Waals surface area (Å²) < 4.78 is 72.7. The highest BCUT2D eigenvalue weighted by Gasteiger charge is 2.21. The van der Waals surface area contributed by atoms with Crippen molar-refractivity contribution in [3.8, 4) is 17.0 Å². The van der Waals surface area contributed by atoms with Crippen LogP contribution in [0.25, 0.3) is 11.3 Å². The van der Waals surface area contributed by atoms with Crippen LogP contribution in [0.5, 0.6) is 5.75 Å². The summed E-state index contributed by atoms with van der Waals surface area (Å²) in [6, 6.07) is 11.2. The summed E-state index contributed by atoms with van der Waals surface area (Å²) in [7, 11) is -6.30. The van der Waals surface area contributed by atoms with E-state index in [4.69, 9.17) is 16.3 Å². The zero-order valence-corrected chi connectivity index (χ0v) is 26.3. The van der Waals surface area contributed by atoms with Gasteiger partial charge < -0.3 is 14.6 Å². The average molecular weight is 654 g/mol. The number of rotatable bonds is 10. The number of aromatic nitrogens is 1. The molecule has 2 N–H and O–H groups in total. The summed E-state index contributed by atoms with van der Waals surface area (Å²) in [5.74, 6) is -1.61. The summed E-state index contributed by atoms with van der Waals surface area (Å²) in [4.78, 5) is 18.3. The molecule has 0 saturated carbocycles. The molecular formula is C28H27ClF2N3O5PS2. The van der Waals surface area contributed by atoms with Gasteiger partial charge in [-0.3, -0.25) is 9.52 Å². The van der Waals surface area contributed by atoms with Crippen molar-refractivity contribution >= 4 is 62.7 Å². The Morgan fingerprint density at radius 1 is 1.07 bits per heavy atom. The highest BCUT2D eigenvalue weighted by Crippen LogP contribution is 2.40. The number of aryl methyl sites for hydroxylation is 1. The fourth-order valence-electron chi connectivity index (χ4n) is 4.02. The lowest BCUT2D eigenvalue weighted by atomic mass is 10.1. The molecule has 222 valence electrons. The largest absolute Gasteiger partial charge is 0.487 e. The molecule has 0 aliphatic carbocycles. The number of hydrogen-bond donors (Lipinski definition) is 2. The second kappa shape index (κ2) is 12.5. The minimum absolute atomic E-state index is 0.0789. The third-order valence-corrected chi connectivity index (χ3v) is 10.6. The molecule has 0 bridgehead atoms. The summed E-state index contributed by atoms with van der Waals surface area (Å²) in [5, 5.41) is 3.30. The van der Waals surface area contributed by atoms with Gasteiger partial charge in [0.2, 0.25) is 10.0 Å². The van der Waals surface area contributed by atoms with Gasteiger partial charge in [-0.25, -0.2) is 22.2 Å². The summed E-state index contributed by atoms with van der Waals surface area (Å²) >= 11 is 7.26. The Bertz CT molecular complexity index is 1830. The first-order valence-corrected chi connectivity index (χ1v) is 17.9. The van der Waals surface area contributed by atoms with Crippen LogP contribution >= 0.6 is 30.1 Å². The second-order valence-electron chi connectivity index (χ2n) is 9.66. The molecule has 2 aromatic heterocycles. The fraction of sp³-hybridized carbons (Fsp3) is 0.214. The van der Waals surface area contributed by atoms with Crippen LogP contribution in [-0.2, 0) is 21.2 Å². The topological polar surface area (TPSA) is 114 Å². The Kier molecular flexibility index (Phi) is 9.42. The number of thiophene rings is 1. The van der Waals surface area contributed by atoms with Crippen LogP contribution in [0.1, 0.15) is 27.0 Å². The van der Waals surface area contributed by atoms with Crippen LogP contribution in [0.4, 0.5) is 20.2 Å². The Morgan fingerprint density at radius 2 is 1.79 bits per heavy atom. The van der Waals surface area contributed by atoms with Crippen molar-refractivity contribution in [3.63, 3.8) is 0 Å². The predicted molar refractivity (Wildman–Crippen MR) is 165 cm³/mol. The van der Waals surface area contributed by atoms with E-state index in [1.807, 2.05) is 0 Å². The van der Waals surface area contributed by atoms with Gasteiger partial charge in [-0.15, -0.1) is 11.3 Å². The molecule has 0 saturated heterocycles. The number of ether oxygens (including phenoxy) is 1. The molecule has 2 aromatic carbocycles. The molecule has 0 aliphatic heterocycles. The summed E-state index contributed by atoms with van der Waals surface area (Å²) in [5.41, 5.74) is 1.67. The Morgan fingerprint density at radius 3 is 2.48 bits per heavy atom. The van der Waals surface area contributed by atoms with Crippen molar-refractivity contribution in [2.75, 3.05) is 29.1 Å². The molecule has 0 spiro atoms. The first-order valence-electron chi connectivity index (χ1n) is 12.5. The molecule has 1 unspecified atom stereocenters. The number of pyridine rings is 1. The number of amides is 1. The lowest BCUT2D eigenvalue weighted by Crippen LogP contribution is -2.12. The van der Waals surface area contributed by atoms with E-state index in [1.165, 1.54) is 30.3 Å². The number of benzene rings is 2. The molecule has 0 radical (unpaired) electrons. The SMILES string of the molecule is CCP(C)(=O)c1cc(F)cc(COc2cc(F)cnc2-c2cc(C(=O)Nc3cc(Cl)cc(NS(C)(=O)=O)c3)sc2C)c1. The first-order chi connectivity index (χ1) is 19.6. The third-order valence-electron chi connectivity index (χ3n) is 6.16. The molecular weight excluding hydrogens is 627 g/mol. The maximum absolute atomic E-state index is 14.3. The van der Waals surface area contributed by atoms with Gasteiger partial charge in [0.05, 0.1) is 23.0 Å². The standard InChI is InChI=1S/C28H27ClF2N3O5PS2/c1-5-40(3,36)23-7-17(6-19(30)10-23)15-39-25-11-20(31)14-32-27(25)24-13-26(41-16(24)2)28(35)33-21-8-18(29)9-22(12-21)34-42(4,37)38/h6-14,34H,5,15H2,1-4H3,(H,33,35). The lowest BCUT2D eigenvalue weighted by Gasteiger charge is -2.14. The number of hydrogen-bond acceptors (Lipinski definition) is 7. The summed E-state index contributed by atoms with van der Waals surface area (Å²) in [6.07, 6.45) is 2.39. The molecule has 1 amide bonds. The van der Waals surface area contributed by atoms with Gasteiger partial charge in [-0.2, -0.15) is 0 Å². The molecule has 4 rings (SSSR count). The smallest absolute Gasteiger partial charge is 0.265 e. The molecule has 2 heterocycles. The van der Waals surface area contributed by atoms with Gasteiger partial charge >= 0.3 is 0 Å². The molecule has 4 aromatic rings. The molecule has 1 atom stereocenters. The third kappa shape index (κ3) is 7.95. The number of anilines is 2. The van der Waals surface area contributed by atoms with E-state index < -0.39 is 34.7 Å². The van der Waals surface area contributed by atoms with E-state index in [2.05, 4.69) is 15.0 Å². The van der Waals surface area contributed by atoms with E-state index in [0.717, 1.165) is 29.9 Å². The number of sulfonamides is 1. The Balaban J connectivity index is 1.59. The van der Waals surface area contributed by atoms with Gasteiger partial charge in [0.15, 0.2) is 0 Å². The van der Waals surface area contributed by atoms with Gasteiger partial charge in [-0.1, -0.05) is 18.5 Å². The zero-order valence-electron chi connectivity index (χ0n) is 23.0. The maximum Gasteiger partial charge on any atom is 0.265 e. The highest BCUT2D eigenvalue weighted by atomic mass is 35.5. The van der Waals surface area contributed by atoms with Crippen LogP contribution < -0.4 is 20.1 Å². The Hall–Kier alpha value is -3.31. The van der Waals surface area contributed by atoms with Crippen molar-refractivity contribution in [1.82, 2.24) is 4.98 Å². The van der Waals surface area contributed by atoms with Crippen molar-refractivity contribution in [2.45, 2.75) is 20.5 Å². The normalized spacial score (nSPS) is 12.9. The van der Waals surface area contributed by atoms with E-state index >= 15 is 0 Å². The van der Waals surface area contributed by atoms with Gasteiger partial charge in [0.25, 0.3) is 5.91 Å². The molecule has 0 aliphatic rings. The van der Waals surface area contributed by atoms with Crippen molar-refractivity contribution in [1.29, 1.82) is 0 Å². The predicted octanol–water partition coefficient (Wildman–Crippen LogP) is 6.89. The van der Waals surface area contributed by atoms with E-state index in [0.29, 0.717) is 32.3 Å². The maximum atomic E-state index is 14.3. The molecule has 42 heavy (non-hydrogen) atoms. The van der Waals surface area contributed by atoms with Crippen LogP contribution in [0, 0.1) is 18.6 Å². The van der Waals surface area contributed by atoms with Crippen LogP contribution in [0.3, 0.4) is 0 Å². The number of carbonyl (C=O) groups excluding carboxylic acids is 1. The minimum Gasteiger partial charge on any atom is -0.487 e. The van der Waals surface area contributed by atoms with E-state index in [-0.39, 0.29) is 34.4 Å². The van der Waals surface area contributed by atoms with E-state index in [9.17, 15) is 26.6 Å². The quantitative estimate of drug-likeness (QED) is 0.180. The van der Waals surface area contributed by atoms with Crippen LogP contribution in [0.2, 0.25) is 5.02 Å². The average Bonchev–Trinajstić information content (AvgIpc) is 3.27.